The summed E-state index contributed by atoms with van der Waals surface area (Å²) in [6.45, 7) is 1.37. The molecular weight excluding hydrogens is 274 g/mol. The van der Waals surface area contributed by atoms with E-state index < -0.39 is 0 Å². The molecule has 1 amide bonds. The lowest BCUT2D eigenvalue weighted by atomic mass is 10.2. The number of nitrogens with zero attached hydrogens (tertiary/aromatic N) is 1. The molecule has 1 fully saturated rings. The van der Waals surface area contributed by atoms with Gasteiger partial charge >= 0.3 is 0 Å². The number of rotatable bonds is 4. The Morgan fingerprint density at radius 2 is 2.45 bits per heavy atom. The lowest BCUT2D eigenvalue weighted by molar-refractivity contribution is -0.121. The number of anilines is 1. The molecule has 106 valence electrons. The van der Waals surface area contributed by atoms with Crippen LogP contribution >= 0.6 is 11.3 Å². The fourth-order valence-electron chi connectivity index (χ4n) is 2.26. The Labute approximate surface area is 121 Å². The van der Waals surface area contributed by atoms with Gasteiger partial charge in [0.25, 0.3) is 0 Å². The first kappa shape index (κ1) is 13.3. The molecule has 1 aromatic heterocycles. The lowest BCUT2D eigenvalue weighted by Gasteiger charge is -2.09. The number of aromatic nitrogens is 1. The second-order valence-electron chi connectivity index (χ2n) is 4.96. The first-order valence-corrected chi connectivity index (χ1v) is 7.54. The molecule has 1 saturated heterocycles. The average molecular weight is 291 g/mol. The summed E-state index contributed by atoms with van der Waals surface area (Å²) in [4.78, 5) is 16.3. The Balaban J connectivity index is 1.57. The molecule has 6 heteroatoms. The largest absolute Gasteiger partial charge is 0.399 e. The topological polar surface area (TPSA) is 77.2 Å². The highest BCUT2D eigenvalue weighted by atomic mass is 32.1. The molecular formula is C14H17N3O2S. The molecule has 2 aromatic rings. The zero-order chi connectivity index (χ0) is 13.9. The number of carbonyl (C=O) groups excluding carboxylic acids is 1. The Hall–Kier alpha value is -1.66. The van der Waals surface area contributed by atoms with E-state index in [0.29, 0.717) is 19.4 Å². The Morgan fingerprint density at radius 1 is 1.55 bits per heavy atom. The number of nitrogens with one attached hydrogen (secondary N) is 1. The highest BCUT2D eigenvalue weighted by molar-refractivity contribution is 7.18. The molecule has 1 aliphatic heterocycles. The quantitative estimate of drug-likeness (QED) is 0.841. The zero-order valence-electron chi connectivity index (χ0n) is 11.1. The number of carbonyl (C=O) groups is 1. The third-order valence-electron chi connectivity index (χ3n) is 3.32. The lowest BCUT2D eigenvalue weighted by Crippen LogP contribution is -2.35. The van der Waals surface area contributed by atoms with E-state index in [-0.39, 0.29) is 11.9 Å². The van der Waals surface area contributed by atoms with Gasteiger partial charge in [0.05, 0.1) is 27.9 Å². The molecule has 20 heavy (non-hydrogen) atoms. The molecule has 5 nitrogen and oxygen atoms in total. The number of ether oxygens (including phenoxy) is 1. The standard InChI is InChI=1S/C14H17N3O2S/c15-9-1-2-11-12(7-9)20-14(17-11)4-3-13(18)16-10-5-6-19-8-10/h1-2,7,10H,3-6,8,15H2,(H,16,18). The molecule has 1 aromatic carbocycles. The fraction of sp³-hybridized carbons (Fsp3) is 0.429. The summed E-state index contributed by atoms with van der Waals surface area (Å²) >= 11 is 1.60. The molecule has 0 aliphatic carbocycles. The maximum Gasteiger partial charge on any atom is 0.220 e. The summed E-state index contributed by atoms with van der Waals surface area (Å²) in [6, 6.07) is 5.86. The van der Waals surface area contributed by atoms with E-state index in [2.05, 4.69) is 10.3 Å². The minimum Gasteiger partial charge on any atom is -0.399 e. The third kappa shape index (κ3) is 3.08. The zero-order valence-corrected chi connectivity index (χ0v) is 11.9. The summed E-state index contributed by atoms with van der Waals surface area (Å²) < 4.78 is 6.31. The second-order valence-corrected chi connectivity index (χ2v) is 6.08. The predicted molar refractivity (Wildman–Crippen MR) is 79.7 cm³/mol. The number of nitrogens with two attached hydrogens (primary N) is 1. The van der Waals surface area contributed by atoms with Crippen molar-refractivity contribution in [1.82, 2.24) is 10.3 Å². The number of aryl methyl sites for hydroxylation is 1. The maximum absolute atomic E-state index is 11.8. The SMILES string of the molecule is Nc1ccc2nc(CCC(=O)NC3CCOC3)sc2c1. The fourth-order valence-corrected chi connectivity index (χ4v) is 3.28. The van der Waals surface area contributed by atoms with E-state index in [1.807, 2.05) is 18.2 Å². The van der Waals surface area contributed by atoms with Crippen LogP contribution in [-0.4, -0.2) is 30.1 Å². The van der Waals surface area contributed by atoms with Crippen molar-refractivity contribution in [3.8, 4) is 0 Å². The van der Waals surface area contributed by atoms with Gasteiger partial charge in [-0.3, -0.25) is 4.79 Å². The molecule has 1 aliphatic rings. The summed E-state index contributed by atoms with van der Waals surface area (Å²) in [5.74, 6) is 0.0688. The van der Waals surface area contributed by atoms with Crippen LogP contribution in [0.1, 0.15) is 17.8 Å². The van der Waals surface area contributed by atoms with Crippen molar-refractivity contribution in [3.05, 3.63) is 23.2 Å². The number of thiazole rings is 1. The van der Waals surface area contributed by atoms with Gasteiger partial charge in [0, 0.05) is 25.1 Å². The van der Waals surface area contributed by atoms with Crippen LogP contribution in [0.25, 0.3) is 10.2 Å². The summed E-state index contributed by atoms with van der Waals surface area (Å²) in [5, 5.41) is 3.96. The first-order valence-electron chi connectivity index (χ1n) is 6.73. The normalized spacial score (nSPS) is 18.5. The van der Waals surface area contributed by atoms with E-state index in [1.165, 1.54) is 0 Å². The molecule has 3 rings (SSSR count). The van der Waals surface area contributed by atoms with E-state index in [9.17, 15) is 4.79 Å². The van der Waals surface area contributed by atoms with E-state index in [0.717, 1.165) is 33.9 Å². The number of amides is 1. The minimum absolute atomic E-state index is 0.0688. The molecule has 3 N–H and O–H groups in total. The van der Waals surface area contributed by atoms with Crippen LogP contribution in [0.15, 0.2) is 18.2 Å². The number of hydrogen-bond donors (Lipinski definition) is 2. The van der Waals surface area contributed by atoms with Crippen LogP contribution in [-0.2, 0) is 16.0 Å². The van der Waals surface area contributed by atoms with E-state index in [1.54, 1.807) is 11.3 Å². The van der Waals surface area contributed by atoms with Gasteiger partial charge in [-0.1, -0.05) is 0 Å². The van der Waals surface area contributed by atoms with Gasteiger partial charge in [-0.05, 0) is 24.6 Å². The smallest absolute Gasteiger partial charge is 0.220 e. The van der Waals surface area contributed by atoms with Crippen LogP contribution in [0.4, 0.5) is 5.69 Å². The van der Waals surface area contributed by atoms with Crippen molar-refractivity contribution in [1.29, 1.82) is 0 Å². The van der Waals surface area contributed by atoms with Crippen molar-refractivity contribution in [2.75, 3.05) is 18.9 Å². The van der Waals surface area contributed by atoms with Gasteiger partial charge < -0.3 is 15.8 Å². The van der Waals surface area contributed by atoms with Gasteiger partial charge in [-0.2, -0.15) is 0 Å². The van der Waals surface area contributed by atoms with Gasteiger partial charge in [-0.15, -0.1) is 11.3 Å². The monoisotopic (exact) mass is 291 g/mol. The molecule has 1 atom stereocenters. The van der Waals surface area contributed by atoms with Crippen LogP contribution in [0.5, 0.6) is 0 Å². The molecule has 0 saturated carbocycles. The van der Waals surface area contributed by atoms with Crippen molar-refractivity contribution < 1.29 is 9.53 Å². The van der Waals surface area contributed by atoms with Crippen LogP contribution in [0.2, 0.25) is 0 Å². The Bertz CT molecular complexity index is 620. The number of benzene rings is 1. The van der Waals surface area contributed by atoms with Crippen LogP contribution < -0.4 is 11.1 Å². The van der Waals surface area contributed by atoms with Crippen molar-refractivity contribution in [2.24, 2.45) is 0 Å². The minimum atomic E-state index is 0.0688. The number of nitrogen functional groups attached to an aromatic ring is 1. The highest BCUT2D eigenvalue weighted by Gasteiger charge is 2.17. The van der Waals surface area contributed by atoms with Crippen molar-refractivity contribution >= 4 is 33.1 Å². The van der Waals surface area contributed by atoms with Crippen molar-refractivity contribution in [3.63, 3.8) is 0 Å². The van der Waals surface area contributed by atoms with Gasteiger partial charge in [0.15, 0.2) is 0 Å². The Morgan fingerprint density at radius 3 is 3.25 bits per heavy atom. The number of hydrogen-bond acceptors (Lipinski definition) is 5. The van der Waals surface area contributed by atoms with Crippen LogP contribution in [0, 0.1) is 0 Å². The summed E-state index contributed by atoms with van der Waals surface area (Å²) in [7, 11) is 0. The molecule has 0 spiro atoms. The Kier molecular flexibility index (Phi) is 3.84. The average Bonchev–Trinajstić information content (AvgIpc) is 3.04. The highest BCUT2D eigenvalue weighted by Crippen LogP contribution is 2.24. The van der Waals surface area contributed by atoms with E-state index >= 15 is 0 Å². The van der Waals surface area contributed by atoms with Gasteiger partial charge in [0.1, 0.15) is 0 Å². The number of fused-ring (bicyclic) bond motifs is 1. The molecule has 1 unspecified atom stereocenters. The van der Waals surface area contributed by atoms with E-state index in [4.69, 9.17) is 10.5 Å². The van der Waals surface area contributed by atoms with Gasteiger partial charge in [-0.25, -0.2) is 4.98 Å². The predicted octanol–water partition coefficient (Wildman–Crippen LogP) is 1.72. The molecule has 0 radical (unpaired) electrons. The first-order chi connectivity index (χ1) is 9.70. The maximum atomic E-state index is 11.8. The molecule has 2 heterocycles. The molecule has 0 bridgehead atoms. The van der Waals surface area contributed by atoms with Crippen LogP contribution in [0.3, 0.4) is 0 Å². The third-order valence-corrected chi connectivity index (χ3v) is 4.40. The summed E-state index contributed by atoms with van der Waals surface area (Å²) in [5.41, 5.74) is 7.44. The van der Waals surface area contributed by atoms with Crippen molar-refractivity contribution in [2.45, 2.75) is 25.3 Å². The second kappa shape index (κ2) is 5.76. The summed E-state index contributed by atoms with van der Waals surface area (Å²) in [6.07, 6.45) is 2.04. The van der Waals surface area contributed by atoms with Gasteiger partial charge in [0.2, 0.25) is 5.91 Å².